The Morgan fingerprint density at radius 1 is 1.18 bits per heavy atom. The molecule has 0 aliphatic rings. The van der Waals surface area contributed by atoms with Gasteiger partial charge in [0.15, 0.2) is 0 Å². The van der Waals surface area contributed by atoms with Gasteiger partial charge in [-0.2, -0.15) is 5.10 Å². The second kappa shape index (κ2) is 6.38. The van der Waals surface area contributed by atoms with Crippen molar-refractivity contribution in [1.29, 1.82) is 0 Å². The van der Waals surface area contributed by atoms with Crippen molar-refractivity contribution in [2.45, 2.75) is 20.4 Å². The lowest BCUT2D eigenvalue weighted by Gasteiger charge is -2.19. The summed E-state index contributed by atoms with van der Waals surface area (Å²) in [5.74, 6) is -1.78. The summed E-state index contributed by atoms with van der Waals surface area (Å²) in [4.78, 5) is 37.2. The molecule has 0 spiro atoms. The molecule has 116 valence electrons. The van der Waals surface area contributed by atoms with E-state index in [0.717, 1.165) is 4.68 Å². The SMILES string of the molecule is CCN(CC)C(=O)Cn1nc(C(=O)[O-])c2ccccc2c1=O. The average Bonchev–Trinajstić information content (AvgIpc) is 2.51. The maximum Gasteiger partial charge on any atom is 0.275 e. The number of fused-ring (bicyclic) bond motifs is 1. The van der Waals surface area contributed by atoms with Crippen LogP contribution >= 0.6 is 0 Å². The summed E-state index contributed by atoms with van der Waals surface area (Å²) in [7, 11) is 0. The number of hydrogen-bond donors (Lipinski definition) is 0. The van der Waals surface area contributed by atoms with Crippen LogP contribution in [0.25, 0.3) is 10.8 Å². The molecule has 1 heterocycles. The molecule has 0 aliphatic heterocycles. The lowest BCUT2D eigenvalue weighted by Crippen LogP contribution is -2.38. The Morgan fingerprint density at radius 3 is 2.32 bits per heavy atom. The summed E-state index contributed by atoms with van der Waals surface area (Å²) in [5.41, 5.74) is -0.844. The zero-order valence-corrected chi connectivity index (χ0v) is 12.4. The van der Waals surface area contributed by atoms with Crippen molar-refractivity contribution >= 4 is 22.6 Å². The number of carbonyl (C=O) groups is 2. The molecule has 2 aromatic rings. The zero-order chi connectivity index (χ0) is 16.3. The minimum atomic E-state index is -1.49. The lowest BCUT2D eigenvalue weighted by atomic mass is 10.1. The van der Waals surface area contributed by atoms with E-state index in [1.165, 1.54) is 12.1 Å². The lowest BCUT2D eigenvalue weighted by molar-refractivity contribution is -0.255. The monoisotopic (exact) mass is 302 g/mol. The van der Waals surface area contributed by atoms with E-state index in [9.17, 15) is 19.5 Å². The molecule has 0 radical (unpaired) electrons. The number of amides is 1. The molecule has 1 amide bonds. The van der Waals surface area contributed by atoms with Gasteiger partial charge in [0.1, 0.15) is 12.2 Å². The third-order valence-electron chi connectivity index (χ3n) is 3.46. The van der Waals surface area contributed by atoms with E-state index in [4.69, 9.17) is 0 Å². The molecule has 22 heavy (non-hydrogen) atoms. The van der Waals surface area contributed by atoms with Crippen LogP contribution in [0, 0.1) is 0 Å². The van der Waals surface area contributed by atoms with Crippen LogP contribution in [0.5, 0.6) is 0 Å². The highest BCUT2D eigenvalue weighted by molar-refractivity contribution is 6.00. The maximum absolute atomic E-state index is 12.4. The molecule has 1 aromatic heterocycles. The number of likely N-dealkylation sites (N-methyl/N-ethyl adjacent to an activating group) is 1. The van der Waals surface area contributed by atoms with Crippen LogP contribution in [0.15, 0.2) is 29.1 Å². The Hall–Kier alpha value is -2.70. The van der Waals surface area contributed by atoms with Crippen LogP contribution < -0.4 is 10.7 Å². The van der Waals surface area contributed by atoms with Crippen LogP contribution in [0.4, 0.5) is 0 Å². The number of carboxylic acids is 1. The van der Waals surface area contributed by atoms with Crippen molar-refractivity contribution in [2.24, 2.45) is 0 Å². The Balaban J connectivity index is 2.55. The summed E-state index contributed by atoms with van der Waals surface area (Å²) in [5, 5.41) is 15.4. The molecule has 0 saturated heterocycles. The first-order chi connectivity index (χ1) is 10.5. The van der Waals surface area contributed by atoms with Gasteiger partial charge in [0.05, 0.1) is 11.4 Å². The van der Waals surface area contributed by atoms with Crippen molar-refractivity contribution in [1.82, 2.24) is 14.7 Å². The summed E-state index contributed by atoms with van der Waals surface area (Å²) < 4.78 is 0.883. The van der Waals surface area contributed by atoms with E-state index < -0.39 is 11.5 Å². The van der Waals surface area contributed by atoms with Gasteiger partial charge in [-0.3, -0.25) is 9.59 Å². The van der Waals surface area contributed by atoms with Gasteiger partial charge in [-0.1, -0.05) is 18.2 Å². The molecular formula is C15H16N3O4-. The van der Waals surface area contributed by atoms with Crippen molar-refractivity contribution < 1.29 is 14.7 Å². The number of carboxylic acid groups (broad SMARTS) is 1. The van der Waals surface area contributed by atoms with Gasteiger partial charge in [0, 0.05) is 18.5 Å². The predicted molar refractivity (Wildman–Crippen MR) is 78.3 cm³/mol. The van der Waals surface area contributed by atoms with Crippen molar-refractivity contribution in [3.8, 4) is 0 Å². The molecule has 0 fully saturated rings. The number of rotatable bonds is 5. The highest BCUT2D eigenvalue weighted by Gasteiger charge is 2.15. The molecule has 0 atom stereocenters. The molecule has 0 saturated carbocycles. The fourth-order valence-corrected chi connectivity index (χ4v) is 2.30. The van der Waals surface area contributed by atoms with Gasteiger partial charge in [-0.05, 0) is 19.9 Å². The molecule has 0 bridgehead atoms. The fraction of sp³-hybridized carbons (Fsp3) is 0.333. The summed E-state index contributed by atoms with van der Waals surface area (Å²) in [6, 6.07) is 6.23. The van der Waals surface area contributed by atoms with Crippen LogP contribution in [0.1, 0.15) is 24.3 Å². The second-order valence-electron chi connectivity index (χ2n) is 4.71. The molecule has 7 heteroatoms. The van der Waals surface area contributed by atoms with Crippen molar-refractivity contribution in [2.75, 3.05) is 13.1 Å². The third-order valence-corrected chi connectivity index (χ3v) is 3.46. The number of benzene rings is 1. The quantitative estimate of drug-likeness (QED) is 0.751. The fourth-order valence-electron chi connectivity index (χ4n) is 2.30. The molecule has 0 aliphatic carbocycles. The van der Waals surface area contributed by atoms with E-state index in [1.54, 1.807) is 17.0 Å². The van der Waals surface area contributed by atoms with Crippen LogP contribution in [-0.4, -0.2) is 39.6 Å². The third kappa shape index (κ3) is 2.83. The van der Waals surface area contributed by atoms with Crippen LogP contribution in [0.2, 0.25) is 0 Å². The molecule has 7 nitrogen and oxygen atoms in total. The standard InChI is InChI=1S/C15H17N3O4/c1-3-17(4-2)12(19)9-18-14(20)11-8-6-5-7-10(11)13(16-18)15(21)22/h5-8H,3-4,9H2,1-2H3,(H,21,22)/p-1. The molecule has 1 aromatic carbocycles. The average molecular weight is 302 g/mol. The second-order valence-corrected chi connectivity index (χ2v) is 4.71. The predicted octanol–water partition coefficient (Wildman–Crippen LogP) is -0.372. The van der Waals surface area contributed by atoms with E-state index >= 15 is 0 Å². The Morgan fingerprint density at radius 2 is 1.77 bits per heavy atom. The largest absolute Gasteiger partial charge is 0.543 e. The minimum absolute atomic E-state index is 0.198. The smallest absolute Gasteiger partial charge is 0.275 e. The first kappa shape index (κ1) is 15.7. The summed E-state index contributed by atoms with van der Waals surface area (Å²) >= 11 is 0. The normalized spacial score (nSPS) is 10.6. The first-order valence-corrected chi connectivity index (χ1v) is 6.98. The summed E-state index contributed by atoms with van der Waals surface area (Å²) in [6.07, 6.45) is 0. The number of nitrogens with zero attached hydrogens (tertiary/aromatic N) is 3. The topological polar surface area (TPSA) is 95.3 Å². The van der Waals surface area contributed by atoms with Gasteiger partial charge in [0.25, 0.3) is 5.56 Å². The van der Waals surface area contributed by atoms with Crippen LogP contribution in [0.3, 0.4) is 0 Å². The highest BCUT2D eigenvalue weighted by Crippen LogP contribution is 2.12. The van der Waals surface area contributed by atoms with Crippen molar-refractivity contribution in [3.63, 3.8) is 0 Å². The molecular weight excluding hydrogens is 286 g/mol. The van der Waals surface area contributed by atoms with Gasteiger partial charge in [0.2, 0.25) is 5.91 Å². The number of aromatic nitrogens is 2. The number of hydrogen-bond acceptors (Lipinski definition) is 5. The van der Waals surface area contributed by atoms with Crippen molar-refractivity contribution in [3.05, 3.63) is 40.3 Å². The Kier molecular flexibility index (Phi) is 4.55. The number of aromatic carboxylic acids is 1. The highest BCUT2D eigenvalue weighted by atomic mass is 16.4. The Labute approximate surface area is 126 Å². The molecule has 2 rings (SSSR count). The summed E-state index contributed by atoms with van der Waals surface area (Å²) in [6.45, 7) is 4.36. The van der Waals surface area contributed by atoms with Gasteiger partial charge in [-0.25, -0.2) is 4.68 Å². The van der Waals surface area contributed by atoms with Gasteiger partial charge < -0.3 is 14.8 Å². The molecule has 0 N–H and O–H groups in total. The minimum Gasteiger partial charge on any atom is -0.543 e. The van der Waals surface area contributed by atoms with E-state index in [-0.39, 0.29) is 28.9 Å². The Bertz CT molecular complexity index is 778. The van der Waals surface area contributed by atoms with E-state index in [2.05, 4.69) is 5.10 Å². The number of carbonyl (C=O) groups excluding carboxylic acids is 2. The molecule has 0 unspecified atom stereocenters. The maximum atomic E-state index is 12.4. The van der Waals surface area contributed by atoms with Crippen LogP contribution in [-0.2, 0) is 11.3 Å². The first-order valence-electron chi connectivity index (χ1n) is 6.98. The zero-order valence-electron chi connectivity index (χ0n) is 12.4. The van der Waals surface area contributed by atoms with E-state index in [0.29, 0.717) is 13.1 Å². The van der Waals surface area contributed by atoms with Gasteiger partial charge >= 0.3 is 0 Å². The van der Waals surface area contributed by atoms with Gasteiger partial charge in [-0.15, -0.1) is 0 Å². The van der Waals surface area contributed by atoms with E-state index in [1.807, 2.05) is 13.8 Å².